The van der Waals surface area contributed by atoms with Crippen LogP contribution in [0.1, 0.15) is 11.1 Å². The van der Waals surface area contributed by atoms with Gasteiger partial charge in [0.05, 0.1) is 12.1 Å². The van der Waals surface area contributed by atoms with Crippen LogP contribution >= 0.6 is 11.6 Å². The van der Waals surface area contributed by atoms with Crippen molar-refractivity contribution in [3.05, 3.63) is 101 Å². The first-order valence-electron chi connectivity index (χ1n) is 8.81. The average molecular weight is 408 g/mol. The first-order chi connectivity index (χ1) is 14.0. The van der Waals surface area contributed by atoms with Crippen molar-refractivity contribution in [3.63, 3.8) is 0 Å². The molecule has 0 atom stereocenters. The zero-order valence-corrected chi connectivity index (χ0v) is 15.9. The summed E-state index contributed by atoms with van der Waals surface area (Å²) in [6.45, 7) is 0.117. The Hall–Kier alpha value is -3.51. The van der Waals surface area contributed by atoms with Crippen LogP contribution in [0.25, 0.3) is 5.57 Å². The van der Waals surface area contributed by atoms with Crippen LogP contribution in [-0.2, 0) is 16.1 Å². The van der Waals surface area contributed by atoms with E-state index in [0.29, 0.717) is 16.3 Å². The Morgan fingerprint density at radius 3 is 2.21 bits per heavy atom. The Labute approximate surface area is 171 Å². The number of pyridine rings is 1. The van der Waals surface area contributed by atoms with Crippen molar-refractivity contribution in [2.24, 2.45) is 0 Å². The van der Waals surface area contributed by atoms with Gasteiger partial charge in [-0.3, -0.25) is 19.5 Å². The number of carbonyl (C=O) groups is 2. The first-order valence-corrected chi connectivity index (χ1v) is 9.18. The highest BCUT2D eigenvalue weighted by atomic mass is 35.5. The SMILES string of the molecule is O=C1C(Nc2ccc(F)cc2)=C(c2ccc(Cl)cc2)C(=O)N1Cc1ccncc1. The third-order valence-corrected chi connectivity index (χ3v) is 4.76. The second-order valence-electron chi connectivity index (χ2n) is 6.44. The third kappa shape index (κ3) is 3.88. The molecule has 0 aliphatic carbocycles. The van der Waals surface area contributed by atoms with E-state index >= 15 is 0 Å². The molecule has 3 aromatic rings. The molecule has 0 spiro atoms. The number of hydrogen-bond acceptors (Lipinski definition) is 4. The Balaban J connectivity index is 1.74. The largest absolute Gasteiger partial charge is 0.350 e. The number of halogens is 2. The maximum absolute atomic E-state index is 13.2. The molecule has 2 amide bonds. The highest BCUT2D eigenvalue weighted by Gasteiger charge is 2.39. The molecule has 2 heterocycles. The van der Waals surface area contributed by atoms with Crippen LogP contribution in [0.15, 0.2) is 78.8 Å². The second kappa shape index (κ2) is 7.85. The highest BCUT2D eigenvalue weighted by molar-refractivity contribution is 6.36. The molecular formula is C22H15ClFN3O2. The monoisotopic (exact) mass is 407 g/mol. The summed E-state index contributed by atoms with van der Waals surface area (Å²) in [5.41, 5.74) is 2.22. The molecule has 4 rings (SSSR count). The minimum absolute atomic E-state index is 0.117. The number of nitrogens with zero attached hydrogens (tertiary/aromatic N) is 2. The lowest BCUT2D eigenvalue weighted by atomic mass is 10.0. The fourth-order valence-corrected chi connectivity index (χ4v) is 3.19. The fraction of sp³-hybridized carbons (Fsp3) is 0.0455. The normalized spacial score (nSPS) is 13.9. The van der Waals surface area contributed by atoms with Gasteiger partial charge in [0.15, 0.2) is 0 Å². The van der Waals surface area contributed by atoms with Crippen molar-refractivity contribution < 1.29 is 14.0 Å². The summed E-state index contributed by atoms with van der Waals surface area (Å²) in [7, 11) is 0. The number of anilines is 1. The van der Waals surface area contributed by atoms with Crippen LogP contribution in [0.3, 0.4) is 0 Å². The average Bonchev–Trinajstić information content (AvgIpc) is 2.95. The van der Waals surface area contributed by atoms with Gasteiger partial charge in [0, 0.05) is 23.1 Å². The summed E-state index contributed by atoms with van der Waals surface area (Å²) >= 11 is 5.96. The Morgan fingerprint density at radius 1 is 0.897 bits per heavy atom. The van der Waals surface area contributed by atoms with E-state index in [0.717, 1.165) is 5.56 Å². The number of carbonyl (C=O) groups excluding carboxylic acids is 2. The van der Waals surface area contributed by atoms with Crippen LogP contribution in [-0.4, -0.2) is 21.7 Å². The lowest BCUT2D eigenvalue weighted by Gasteiger charge is -2.15. The van der Waals surface area contributed by atoms with Gasteiger partial charge in [-0.05, 0) is 59.7 Å². The molecule has 1 aliphatic rings. The number of benzene rings is 2. The van der Waals surface area contributed by atoms with Crippen molar-refractivity contribution in [2.45, 2.75) is 6.54 Å². The molecule has 0 bridgehead atoms. The lowest BCUT2D eigenvalue weighted by Crippen LogP contribution is -2.32. The molecule has 29 heavy (non-hydrogen) atoms. The quantitative estimate of drug-likeness (QED) is 0.642. The van der Waals surface area contributed by atoms with Crippen LogP contribution in [0.2, 0.25) is 5.02 Å². The first kappa shape index (κ1) is 18.8. The van der Waals surface area contributed by atoms with Gasteiger partial charge in [0.2, 0.25) is 0 Å². The van der Waals surface area contributed by atoms with E-state index < -0.39 is 17.6 Å². The number of amides is 2. The molecule has 1 N–H and O–H groups in total. The van der Waals surface area contributed by atoms with Crippen LogP contribution in [0, 0.1) is 5.82 Å². The maximum atomic E-state index is 13.2. The molecule has 0 fully saturated rings. The number of rotatable bonds is 5. The summed E-state index contributed by atoms with van der Waals surface area (Å²) in [5.74, 6) is -1.27. The van der Waals surface area contributed by atoms with E-state index in [9.17, 15) is 14.0 Å². The number of nitrogens with one attached hydrogen (secondary N) is 1. The number of aromatic nitrogens is 1. The molecule has 0 saturated heterocycles. The van der Waals surface area contributed by atoms with Gasteiger partial charge in [-0.25, -0.2) is 4.39 Å². The molecule has 1 aromatic heterocycles. The molecular weight excluding hydrogens is 393 g/mol. The molecule has 144 valence electrons. The topological polar surface area (TPSA) is 62.3 Å². The van der Waals surface area contributed by atoms with E-state index in [-0.39, 0.29) is 17.8 Å². The molecule has 2 aromatic carbocycles. The van der Waals surface area contributed by atoms with Crippen LogP contribution in [0.4, 0.5) is 10.1 Å². The van der Waals surface area contributed by atoms with Crippen LogP contribution < -0.4 is 5.32 Å². The zero-order chi connectivity index (χ0) is 20.4. The lowest BCUT2D eigenvalue weighted by molar-refractivity contribution is -0.137. The summed E-state index contributed by atoms with van der Waals surface area (Å²) < 4.78 is 13.2. The van der Waals surface area contributed by atoms with Crippen molar-refractivity contribution >= 4 is 34.7 Å². The Bertz CT molecular complexity index is 1100. The minimum atomic E-state index is -0.457. The van der Waals surface area contributed by atoms with E-state index in [1.807, 2.05) is 0 Å². The molecule has 5 nitrogen and oxygen atoms in total. The third-order valence-electron chi connectivity index (χ3n) is 4.50. The maximum Gasteiger partial charge on any atom is 0.278 e. The summed E-state index contributed by atoms with van der Waals surface area (Å²) in [6.07, 6.45) is 3.21. The highest BCUT2D eigenvalue weighted by Crippen LogP contribution is 2.32. The predicted octanol–water partition coefficient (Wildman–Crippen LogP) is 4.27. The van der Waals surface area contributed by atoms with Gasteiger partial charge in [-0.1, -0.05) is 23.7 Å². The van der Waals surface area contributed by atoms with Crippen molar-refractivity contribution in [2.75, 3.05) is 5.32 Å². The van der Waals surface area contributed by atoms with Gasteiger partial charge in [-0.15, -0.1) is 0 Å². The number of hydrogen-bond donors (Lipinski definition) is 1. The molecule has 7 heteroatoms. The smallest absolute Gasteiger partial charge is 0.278 e. The number of imide groups is 1. The van der Waals surface area contributed by atoms with E-state index in [2.05, 4.69) is 10.3 Å². The van der Waals surface area contributed by atoms with Crippen molar-refractivity contribution in [1.82, 2.24) is 9.88 Å². The fourth-order valence-electron chi connectivity index (χ4n) is 3.07. The van der Waals surface area contributed by atoms with Crippen molar-refractivity contribution in [3.8, 4) is 0 Å². The summed E-state index contributed by atoms with van der Waals surface area (Å²) in [5, 5.41) is 3.50. The van der Waals surface area contributed by atoms with Gasteiger partial charge in [-0.2, -0.15) is 0 Å². The molecule has 0 radical (unpaired) electrons. The van der Waals surface area contributed by atoms with Crippen molar-refractivity contribution in [1.29, 1.82) is 0 Å². The molecule has 1 aliphatic heterocycles. The molecule has 0 saturated carbocycles. The van der Waals surface area contributed by atoms with Gasteiger partial charge in [0.25, 0.3) is 11.8 Å². The Morgan fingerprint density at radius 2 is 1.55 bits per heavy atom. The van der Waals surface area contributed by atoms with Crippen LogP contribution in [0.5, 0.6) is 0 Å². The second-order valence-corrected chi connectivity index (χ2v) is 6.88. The standard InChI is InChI=1S/C22H15ClFN3O2/c23-16-3-1-15(2-4-16)19-20(26-18-7-5-17(24)6-8-18)22(29)27(21(19)28)13-14-9-11-25-12-10-14/h1-12,26H,13H2. The molecule has 0 unspecified atom stereocenters. The van der Waals surface area contributed by atoms with Gasteiger partial charge < -0.3 is 5.32 Å². The summed E-state index contributed by atoms with van der Waals surface area (Å²) in [6, 6.07) is 15.7. The van der Waals surface area contributed by atoms with Gasteiger partial charge in [0.1, 0.15) is 11.5 Å². The Kier molecular flexibility index (Phi) is 5.10. The van der Waals surface area contributed by atoms with E-state index in [1.165, 1.54) is 29.2 Å². The van der Waals surface area contributed by atoms with E-state index in [1.54, 1.807) is 48.8 Å². The zero-order valence-electron chi connectivity index (χ0n) is 15.1. The summed E-state index contributed by atoms with van der Waals surface area (Å²) in [4.78, 5) is 31.4. The van der Waals surface area contributed by atoms with E-state index in [4.69, 9.17) is 11.6 Å². The predicted molar refractivity (Wildman–Crippen MR) is 108 cm³/mol. The minimum Gasteiger partial charge on any atom is -0.350 e. The van der Waals surface area contributed by atoms with Gasteiger partial charge >= 0.3 is 0 Å².